The summed E-state index contributed by atoms with van der Waals surface area (Å²) in [4.78, 5) is 31.4. The van der Waals surface area contributed by atoms with E-state index in [9.17, 15) is 35.9 Å². The van der Waals surface area contributed by atoms with Crippen molar-refractivity contribution in [3.8, 4) is 0 Å². The Morgan fingerprint density at radius 3 is 1.83 bits per heavy atom. The molecule has 184 valence electrons. The van der Waals surface area contributed by atoms with E-state index >= 15 is 0 Å². The summed E-state index contributed by atoms with van der Waals surface area (Å²) < 4.78 is 80.1. The van der Waals surface area contributed by atoms with Crippen LogP contribution in [0.15, 0.2) is 67.0 Å². The molecule has 35 heavy (non-hydrogen) atoms. The Kier molecular flexibility index (Phi) is 6.79. The van der Waals surface area contributed by atoms with Gasteiger partial charge in [0.15, 0.2) is 5.78 Å². The molecule has 3 aromatic rings. The molecule has 0 saturated heterocycles. The molecule has 0 aliphatic rings. The number of nitrogens with zero attached hydrogens (tertiary/aromatic N) is 2. The van der Waals surface area contributed by atoms with Crippen LogP contribution in [0.3, 0.4) is 0 Å². The van der Waals surface area contributed by atoms with Gasteiger partial charge in [-0.2, -0.15) is 26.3 Å². The van der Waals surface area contributed by atoms with E-state index in [1.54, 1.807) is 30.3 Å². The molecule has 0 spiro atoms. The van der Waals surface area contributed by atoms with Gasteiger partial charge in [-0.1, -0.05) is 30.3 Å². The fourth-order valence-electron chi connectivity index (χ4n) is 3.56. The van der Waals surface area contributed by atoms with Gasteiger partial charge in [0.2, 0.25) is 5.91 Å². The highest BCUT2D eigenvalue weighted by atomic mass is 19.4. The van der Waals surface area contributed by atoms with E-state index in [4.69, 9.17) is 0 Å². The van der Waals surface area contributed by atoms with Crippen LogP contribution in [-0.4, -0.2) is 23.7 Å². The monoisotopic (exact) mass is 494 g/mol. The average molecular weight is 494 g/mol. The minimum atomic E-state index is -5.06. The zero-order valence-corrected chi connectivity index (χ0v) is 18.8. The number of hydrogen-bond acceptors (Lipinski definition) is 3. The first kappa shape index (κ1) is 25.9. The maximum absolute atomic E-state index is 13.4. The van der Waals surface area contributed by atoms with Gasteiger partial charge in [0.25, 0.3) is 0 Å². The van der Waals surface area contributed by atoms with Crippen LogP contribution < -0.4 is 4.90 Å². The number of aromatic nitrogens is 1. The maximum Gasteiger partial charge on any atom is 0.416 e. The molecule has 0 atom stereocenters. The molecule has 4 nitrogen and oxygen atoms in total. The zero-order valence-electron chi connectivity index (χ0n) is 18.8. The number of ketones is 1. The van der Waals surface area contributed by atoms with Crippen molar-refractivity contribution in [2.24, 2.45) is 0 Å². The Labute approximate surface area is 197 Å². The second kappa shape index (κ2) is 9.16. The summed E-state index contributed by atoms with van der Waals surface area (Å²) >= 11 is 0. The minimum absolute atomic E-state index is 0.00547. The van der Waals surface area contributed by atoms with Crippen LogP contribution in [0.5, 0.6) is 0 Å². The topological polar surface area (TPSA) is 50.3 Å². The highest BCUT2D eigenvalue weighted by Gasteiger charge is 2.41. The van der Waals surface area contributed by atoms with Gasteiger partial charge in [-0.15, -0.1) is 0 Å². The molecule has 3 rings (SSSR count). The molecular weight excluding hydrogens is 474 g/mol. The molecule has 1 heterocycles. The van der Waals surface area contributed by atoms with Crippen LogP contribution >= 0.6 is 0 Å². The van der Waals surface area contributed by atoms with Gasteiger partial charge < -0.3 is 4.90 Å². The van der Waals surface area contributed by atoms with E-state index in [2.05, 4.69) is 4.98 Å². The predicted octanol–water partition coefficient (Wildman–Crippen LogP) is 6.29. The van der Waals surface area contributed by atoms with Crippen LogP contribution in [0, 0.1) is 0 Å². The number of pyridine rings is 1. The second-order valence-electron chi connectivity index (χ2n) is 8.37. The van der Waals surface area contributed by atoms with E-state index < -0.39 is 46.1 Å². The molecule has 1 aromatic heterocycles. The van der Waals surface area contributed by atoms with Gasteiger partial charge >= 0.3 is 12.4 Å². The van der Waals surface area contributed by atoms with Crippen molar-refractivity contribution < 1.29 is 35.9 Å². The van der Waals surface area contributed by atoms with E-state index in [1.165, 1.54) is 39.4 Å². The van der Waals surface area contributed by atoms with Crippen molar-refractivity contribution in [2.75, 3.05) is 11.9 Å². The third kappa shape index (κ3) is 5.36. The summed E-state index contributed by atoms with van der Waals surface area (Å²) in [6.07, 6.45) is -7.54. The van der Waals surface area contributed by atoms with Crippen LogP contribution in [0.4, 0.5) is 32.0 Å². The van der Waals surface area contributed by atoms with Crippen LogP contribution in [-0.2, 0) is 22.6 Å². The van der Waals surface area contributed by atoms with Gasteiger partial charge in [-0.05, 0) is 43.7 Å². The lowest BCUT2D eigenvalue weighted by atomic mass is 9.81. The van der Waals surface area contributed by atoms with Gasteiger partial charge in [-0.25, -0.2) is 0 Å². The van der Waals surface area contributed by atoms with Crippen LogP contribution in [0.25, 0.3) is 0 Å². The molecule has 0 fully saturated rings. The first-order chi connectivity index (χ1) is 16.1. The number of hydrogen-bond donors (Lipinski definition) is 0. The lowest BCUT2D eigenvalue weighted by Crippen LogP contribution is -2.42. The molecule has 0 N–H and O–H groups in total. The fourth-order valence-corrected chi connectivity index (χ4v) is 3.56. The van der Waals surface area contributed by atoms with Gasteiger partial charge in [0, 0.05) is 24.4 Å². The lowest BCUT2D eigenvalue weighted by Gasteiger charge is -2.31. The maximum atomic E-state index is 13.4. The molecule has 0 bridgehead atoms. The average Bonchev–Trinajstić information content (AvgIpc) is 2.81. The summed E-state index contributed by atoms with van der Waals surface area (Å²) in [5.41, 5.74) is -4.86. The molecule has 0 saturated carbocycles. The zero-order chi connectivity index (χ0) is 26.2. The number of anilines is 1. The smallest absolute Gasteiger partial charge is 0.313 e. The largest absolute Gasteiger partial charge is 0.416 e. The van der Waals surface area contributed by atoms with E-state index in [0.717, 1.165) is 4.90 Å². The SMILES string of the molecule is CN(C(=O)C(C)(C)c1cc(C(F)(F)F)cc(C(F)(F)F)c1)c1cnccc1C(=O)c1ccccc1. The van der Waals surface area contributed by atoms with E-state index in [1.807, 2.05) is 0 Å². The fraction of sp³-hybridized carbons (Fsp3) is 0.240. The molecule has 1 amide bonds. The van der Waals surface area contributed by atoms with E-state index in [-0.39, 0.29) is 17.3 Å². The van der Waals surface area contributed by atoms with Crippen LogP contribution in [0.1, 0.15) is 46.5 Å². The Hall–Kier alpha value is -3.69. The summed E-state index contributed by atoms with van der Waals surface area (Å²) in [5, 5.41) is 0. The number of rotatable bonds is 5. The van der Waals surface area contributed by atoms with Crippen molar-refractivity contribution in [3.63, 3.8) is 0 Å². The van der Waals surface area contributed by atoms with Crippen molar-refractivity contribution in [1.29, 1.82) is 0 Å². The van der Waals surface area contributed by atoms with Crippen LogP contribution in [0.2, 0.25) is 0 Å². The van der Waals surface area contributed by atoms with Gasteiger partial charge in [0.1, 0.15) is 0 Å². The summed E-state index contributed by atoms with van der Waals surface area (Å²) in [5.74, 6) is -1.26. The predicted molar refractivity (Wildman–Crippen MR) is 117 cm³/mol. The molecule has 0 unspecified atom stereocenters. The number of likely N-dealkylation sites (N-methyl/N-ethyl adjacent to an activating group) is 1. The van der Waals surface area contributed by atoms with Crippen molar-refractivity contribution in [3.05, 3.63) is 94.8 Å². The first-order valence-electron chi connectivity index (χ1n) is 10.3. The van der Waals surface area contributed by atoms with Crippen molar-refractivity contribution >= 4 is 17.4 Å². The molecule has 10 heteroatoms. The molecular formula is C25H20F6N2O2. The summed E-state index contributed by atoms with van der Waals surface area (Å²) in [7, 11) is 1.28. The van der Waals surface area contributed by atoms with E-state index in [0.29, 0.717) is 17.7 Å². The number of halogens is 6. The second-order valence-corrected chi connectivity index (χ2v) is 8.37. The highest BCUT2D eigenvalue weighted by molar-refractivity contribution is 6.14. The summed E-state index contributed by atoms with van der Waals surface area (Å²) in [6.45, 7) is 2.44. The van der Waals surface area contributed by atoms with Gasteiger partial charge in [0.05, 0.1) is 28.4 Å². The van der Waals surface area contributed by atoms with Crippen molar-refractivity contribution in [2.45, 2.75) is 31.6 Å². The molecule has 0 aliphatic heterocycles. The number of carbonyl (C=O) groups is 2. The first-order valence-corrected chi connectivity index (χ1v) is 10.3. The number of alkyl halides is 6. The lowest BCUT2D eigenvalue weighted by molar-refractivity contribution is -0.143. The quantitative estimate of drug-likeness (QED) is 0.309. The molecule has 2 aromatic carbocycles. The third-order valence-electron chi connectivity index (χ3n) is 5.59. The third-order valence-corrected chi connectivity index (χ3v) is 5.59. The number of carbonyl (C=O) groups excluding carboxylic acids is 2. The molecule has 0 radical (unpaired) electrons. The Bertz CT molecular complexity index is 1220. The summed E-state index contributed by atoms with van der Waals surface area (Å²) in [6, 6.07) is 10.6. The standard InChI is InChI=1S/C25H20F6N2O2/c1-23(2,16-11-17(24(26,27)28)13-18(12-16)25(29,30)31)22(35)33(3)20-14-32-10-9-19(20)21(34)15-7-5-4-6-8-15/h4-14H,1-3H3. The number of amides is 1. The Balaban J connectivity index is 2.07. The normalized spacial score (nSPS) is 12.4. The van der Waals surface area contributed by atoms with Crippen molar-refractivity contribution in [1.82, 2.24) is 4.98 Å². The molecule has 0 aliphatic carbocycles. The number of benzene rings is 2. The minimum Gasteiger partial charge on any atom is -0.313 e. The van der Waals surface area contributed by atoms with Gasteiger partial charge in [-0.3, -0.25) is 14.6 Å². The highest BCUT2D eigenvalue weighted by Crippen LogP contribution is 2.40. The Morgan fingerprint density at radius 2 is 1.31 bits per heavy atom. The Morgan fingerprint density at radius 1 is 0.800 bits per heavy atom.